The second-order valence-electron chi connectivity index (χ2n) is 8.79. The quantitative estimate of drug-likeness (QED) is 0.251. The molecule has 5 nitrogen and oxygen atoms in total. The number of rotatable bonds is 6. The number of benzene rings is 2. The number of aliphatic hydroxyl groups excluding tert-OH is 1. The first-order valence-electron chi connectivity index (χ1n) is 11.4. The number of carbonyl (C=O) groups excluding carboxylic acids is 2. The number of amides is 1. The Hall–Kier alpha value is -2.97. The number of pyridine rings is 1. The van der Waals surface area contributed by atoms with E-state index in [1.165, 1.54) is 15.6 Å². The van der Waals surface area contributed by atoms with E-state index in [1.54, 1.807) is 24.3 Å². The fraction of sp³-hybridized carbons (Fsp3) is 0.179. The van der Waals surface area contributed by atoms with Crippen molar-refractivity contribution in [2.75, 3.05) is 0 Å². The highest BCUT2D eigenvalue weighted by Gasteiger charge is 2.53. The molecule has 36 heavy (non-hydrogen) atoms. The minimum absolute atomic E-state index is 0.0192. The van der Waals surface area contributed by atoms with Crippen LogP contribution in [0.2, 0.25) is 5.02 Å². The average molecular weight is 535 g/mol. The van der Waals surface area contributed by atoms with E-state index in [-0.39, 0.29) is 18.8 Å². The van der Waals surface area contributed by atoms with Gasteiger partial charge in [0.2, 0.25) is 5.91 Å². The van der Waals surface area contributed by atoms with Crippen LogP contribution in [0.1, 0.15) is 46.0 Å². The molecule has 1 N–H and O–H groups in total. The Morgan fingerprint density at radius 3 is 2.58 bits per heavy atom. The SMILES string of the molecule is O=C1CC(c2ccsc2)(c2cccc(Cc3cccc(CO)c3)n2)N(S)C(=O)C1c1ccccc1Cl. The number of Topliss-reactive ketones (excluding diaryl/α,β-unsaturated/α-hetero) is 1. The van der Waals surface area contributed by atoms with Crippen molar-refractivity contribution in [1.82, 2.24) is 9.29 Å². The fourth-order valence-corrected chi connectivity index (χ4v) is 6.19. The number of aromatic nitrogens is 1. The minimum Gasteiger partial charge on any atom is -0.392 e. The van der Waals surface area contributed by atoms with Gasteiger partial charge < -0.3 is 5.11 Å². The molecule has 0 spiro atoms. The largest absolute Gasteiger partial charge is 0.392 e. The van der Waals surface area contributed by atoms with Crippen LogP contribution in [0.3, 0.4) is 0 Å². The van der Waals surface area contributed by atoms with Gasteiger partial charge in [0.05, 0.1) is 12.3 Å². The van der Waals surface area contributed by atoms with Gasteiger partial charge in [0, 0.05) is 23.6 Å². The predicted molar refractivity (Wildman–Crippen MR) is 144 cm³/mol. The Morgan fingerprint density at radius 1 is 1.06 bits per heavy atom. The monoisotopic (exact) mass is 534 g/mol. The first-order chi connectivity index (χ1) is 17.4. The molecule has 4 aromatic rings. The molecule has 0 bridgehead atoms. The van der Waals surface area contributed by atoms with Crippen LogP contribution in [0.15, 0.2) is 83.6 Å². The van der Waals surface area contributed by atoms with E-state index >= 15 is 0 Å². The zero-order valence-corrected chi connectivity index (χ0v) is 21.6. The molecule has 0 saturated carbocycles. The molecule has 2 atom stereocenters. The van der Waals surface area contributed by atoms with Gasteiger partial charge >= 0.3 is 0 Å². The molecule has 0 aliphatic carbocycles. The van der Waals surface area contributed by atoms with Gasteiger partial charge in [-0.05, 0) is 57.3 Å². The number of carbonyl (C=O) groups is 2. The highest BCUT2D eigenvalue weighted by molar-refractivity contribution is 7.78. The Morgan fingerprint density at radius 2 is 1.83 bits per heavy atom. The van der Waals surface area contributed by atoms with Gasteiger partial charge in [-0.2, -0.15) is 11.3 Å². The molecule has 182 valence electrons. The Labute approximate surface area is 223 Å². The lowest BCUT2D eigenvalue weighted by molar-refractivity contribution is -0.142. The lowest BCUT2D eigenvalue weighted by atomic mass is 9.74. The second-order valence-corrected chi connectivity index (χ2v) is 10.4. The van der Waals surface area contributed by atoms with Gasteiger partial charge in [-0.15, -0.1) is 0 Å². The minimum atomic E-state index is -1.15. The molecular weight excluding hydrogens is 512 g/mol. The molecule has 1 aliphatic rings. The van der Waals surface area contributed by atoms with Crippen LogP contribution < -0.4 is 0 Å². The summed E-state index contributed by atoms with van der Waals surface area (Å²) in [4.78, 5) is 32.3. The fourth-order valence-electron chi connectivity index (χ4n) is 4.82. The lowest BCUT2D eigenvalue weighted by Crippen LogP contribution is -2.54. The summed E-state index contributed by atoms with van der Waals surface area (Å²) >= 11 is 12.6. The third-order valence-corrected chi connectivity index (χ3v) is 8.14. The number of ketones is 1. The lowest BCUT2D eigenvalue weighted by Gasteiger charge is -2.45. The van der Waals surface area contributed by atoms with Gasteiger partial charge in [-0.25, -0.2) is 0 Å². The summed E-state index contributed by atoms with van der Waals surface area (Å²) in [5, 5.41) is 13.7. The number of thiol groups is 1. The molecule has 2 unspecified atom stereocenters. The summed E-state index contributed by atoms with van der Waals surface area (Å²) in [6, 6.07) is 22.2. The zero-order valence-electron chi connectivity index (χ0n) is 19.2. The molecule has 0 radical (unpaired) electrons. The third-order valence-electron chi connectivity index (χ3n) is 6.57. The molecule has 1 saturated heterocycles. The number of halogens is 1. The Bertz CT molecular complexity index is 1430. The number of nitrogens with zero attached hydrogens (tertiary/aromatic N) is 2. The van der Waals surface area contributed by atoms with E-state index in [0.29, 0.717) is 22.7 Å². The van der Waals surface area contributed by atoms with Crippen molar-refractivity contribution in [3.8, 4) is 0 Å². The van der Waals surface area contributed by atoms with Crippen molar-refractivity contribution < 1.29 is 14.7 Å². The number of thiophene rings is 1. The maximum absolute atomic E-state index is 13.7. The number of aliphatic hydroxyl groups is 1. The number of piperidine rings is 1. The van der Waals surface area contributed by atoms with Crippen molar-refractivity contribution in [3.05, 3.63) is 122 Å². The number of hydrogen-bond donors (Lipinski definition) is 2. The topological polar surface area (TPSA) is 70.5 Å². The van der Waals surface area contributed by atoms with Gasteiger partial charge in [-0.1, -0.05) is 72.9 Å². The third kappa shape index (κ3) is 4.37. The molecule has 1 fully saturated rings. The highest BCUT2D eigenvalue weighted by atomic mass is 35.5. The summed E-state index contributed by atoms with van der Waals surface area (Å²) in [5.74, 6) is -1.68. The van der Waals surface area contributed by atoms with Crippen LogP contribution in [-0.4, -0.2) is 26.1 Å². The van der Waals surface area contributed by atoms with E-state index in [9.17, 15) is 14.7 Å². The van der Waals surface area contributed by atoms with E-state index in [0.717, 1.165) is 22.4 Å². The van der Waals surface area contributed by atoms with Gasteiger partial charge in [-0.3, -0.25) is 18.9 Å². The van der Waals surface area contributed by atoms with Crippen LogP contribution in [0, 0.1) is 0 Å². The van der Waals surface area contributed by atoms with Crippen molar-refractivity contribution in [3.63, 3.8) is 0 Å². The van der Waals surface area contributed by atoms with Gasteiger partial charge in [0.15, 0.2) is 5.78 Å². The molecular formula is C28H23ClN2O3S2. The maximum atomic E-state index is 13.7. The molecule has 2 aromatic carbocycles. The molecule has 8 heteroatoms. The zero-order chi connectivity index (χ0) is 25.3. The first kappa shape index (κ1) is 24.7. The van der Waals surface area contributed by atoms with Crippen LogP contribution in [0.25, 0.3) is 0 Å². The van der Waals surface area contributed by atoms with Crippen molar-refractivity contribution >= 4 is 47.4 Å². The summed E-state index contributed by atoms with van der Waals surface area (Å²) in [6.45, 7) is -0.0337. The molecule has 1 amide bonds. The summed E-state index contributed by atoms with van der Waals surface area (Å²) < 4.78 is 1.36. The molecule has 5 rings (SSSR count). The van der Waals surface area contributed by atoms with Crippen LogP contribution >= 0.6 is 35.8 Å². The highest BCUT2D eigenvalue weighted by Crippen LogP contribution is 2.47. The van der Waals surface area contributed by atoms with Crippen molar-refractivity contribution in [2.45, 2.75) is 30.9 Å². The number of hydrogen-bond acceptors (Lipinski definition) is 6. The molecule has 1 aliphatic heterocycles. The van der Waals surface area contributed by atoms with Crippen LogP contribution in [-0.2, 0) is 28.2 Å². The van der Waals surface area contributed by atoms with Crippen LogP contribution in [0.5, 0.6) is 0 Å². The first-order valence-corrected chi connectivity index (χ1v) is 13.1. The predicted octanol–water partition coefficient (Wildman–Crippen LogP) is 5.55. The normalized spacial score (nSPS) is 20.1. The van der Waals surface area contributed by atoms with E-state index < -0.39 is 17.4 Å². The van der Waals surface area contributed by atoms with E-state index in [4.69, 9.17) is 29.4 Å². The average Bonchev–Trinajstić information content (AvgIpc) is 3.43. The summed E-state index contributed by atoms with van der Waals surface area (Å²) in [6.07, 6.45) is 0.559. The van der Waals surface area contributed by atoms with Gasteiger partial charge in [0.1, 0.15) is 11.5 Å². The standard InChI is InChI=1S/C28H23ClN2O3S2/c29-23-9-2-1-8-22(23)26-24(33)15-28(31(35)27(26)34,20-11-12-36-17-20)25-10-4-7-21(30-25)14-18-5-3-6-19(13-18)16-32/h1-13,17,26,32,35H,14-16H2. The Balaban J connectivity index is 1.57. The molecule has 3 heterocycles. The summed E-state index contributed by atoms with van der Waals surface area (Å²) in [7, 11) is 0. The maximum Gasteiger partial charge on any atom is 0.248 e. The van der Waals surface area contributed by atoms with E-state index in [1.807, 2.05) is 59.3 Å². The van der Waals surface area contributed by atoms with Gasteiger partial charge in [0.25, 0.3) is 0 Å². The molecule has 2 aromatic heterocycles. The Kier molecular flexibility index (Phi) is 6.99. The van der Waals surface area contributed by atoms with E-state index in [2.05, 4.69) is 0 Å². The smallest absolute Gasteiger partial charge is 0.248 e. The van der Waals surface area contributed by atoms with Crippen LogP contribution in [0.4, 0.5) is 0 Å². The van der Waals surface area contributed by atoms with Crippen molar-refractivity contribution in [1.29, 1.82) is 0 Å². The second kappa shape index (κ2) is 10.2. The van der Waals surface area contributed by atoms with Crippen molar-refractivity contribution in [2.24, 2.45) is 0 Å². The summed E-state index contributed by atoms with van der Waals surface area (Å²) in [5.41, 5.74) is 3.31.